The standard InChI is InChI=1S/C19H20F2N2O/c1-22(17-5-4-14-3-2-10-24-18(14)11-17)15-6-8-16(9-7-15)23-12-19(20,21)13-23/h4-9,11H,2-3,10,12-13H2,1H3. The van der Waals surface area contributed by atoms with Crippen LogP contribution in [0.4, 0.5) is 25.8 Å². The van der Waals surface area contributed by atoms with Crippen LogP contribution in [0.25, 0.3) is 0 Å². The first-order valence-electron chi connectivity index (χ1n) is 8.24. The zero-order valence-electron chi connectivity index (χ0n) is 13.6. The summed E-state index contributed by atoms with van der Waals surface area (Å²) in [6.07, 6.45) is 2.13. The summed E-state index contributed by atoms with van der Waals surface area (Å²) in [7, 11) is 2.00. The molecule has 0 spiro atoms. The molecule has 0 atom stereocenters. The lowest BCUT2D eigenvalue weighted by Crippen LogP contribution is -2.56. The highest BCUT2D eigenvalue weighted by molar-refractivity contribution is 5.67. The van der Waals surface area contributed by atoms with Gasteiger partial charge in [-0.15, -0.1) is 0 Å². The lowest BCUT2D eigenvalue weighted by molar-refractivity contribution is -0.0262. The monoisotopic (exact) mass is 330 g/mol. The second-order valence-corrected chi connectivity index (χ2v) is 6.53. The average molecular weight is 330 g/mol. The number of anilines is 3. The molecule has 1 fully saturated rings. The third-order valence-corrected chi connectivity index (χ3v) is 4.73. The summed E-state index contributed by atoms with van der Waals surface area (Å²) in [5.74, 6) is -1.58. The van der Waals surface area contributed by atoms with Gasteiger partial charge in [0.25, 0.3) is 5.92 Å². The smallest absolute Gasteiger partial charge is 0.282 e. The molecule has 2 heterocycles. The Balaban J connectivity index is 1.51. The van der Waals surface area contributed by atoms with E-state index in [0.29, 0.717) is 0 Å². The molecule has 3 nitrogen and oxygen atoms in total. The van der Waals surface area contributed by atoms with Crippen LogP contribution in [-0.4, -0.2) is 32.7 Å². The van der Waals surface area contributed by atoms with E-state index in [-0.39, 0.29) is 13.1 Å². The minimum absolute atomic E-state index is 0.190. The molecule has 2 aliphatic rings. The number of hydrogen-bond acceptors (Lipinski definition) is 3. The molecule has 4 rings (SSSR count). The van der Waals surface area contributed by atoms with Crippen LogP contribution in [0.1, 0.15) is 12.0 Å². The molecule has 2 aromatic carbocycles. The third kappa shape index (κ3) is 2.79. The van der Waals surface area contributed by atoms with Crippen LogP contribution in [0.3, 0.4) is 0 Å². The summed E-state index contributed by atoms with van der Waals surface area (Å²) in [6, 6.07) is 14.0. The molecule has 126 valence electrons. The van der Waals surface area contributed by atoms with Crippen LogP contribution in [0.2, 0.25) is 0 Å². The second-order valence-electron chi connectivity index (χ2n) is 6.53. The molecule has 0 bridgehead atoms. The molecule has 2 aromatic rings. The predicted molar refractivity (Wildman–Crippen MR) is 91.9 cm³/mol. The molecule has 0 aliphatic carbocycles. The van der Waals surface area contributed by atoms with Crippen LogP contribution >= 0.6 is 0 Å². The van der Waals surface area contributed by atoms with E-state index in [0.717, 1.165) is 42.3 Å². The Morgan fingerprint density at radius 3 is 2.46 bits per heavy atom. The van der Waals surface area contributed by atoms with E-state index in [1.165, 1.54) is 5.56 Å². The molecular formula is C19H20F2N2O. The van der Waals surface area contributed by atoms with Gasteiger partial charge < -0.3 is 14.5 Å². The first-order chi connectivity index (χ1) is 11.5. The van der Waals surface area contributed by atoms with Gasteiger partial charge in [0.15, 0.2) is 0 Å². The van der Waals surface area contributed by atoms with Crippen molar-refractivity contribution in [3.8, 4) is 5.75 Å². The summed E-state index contributed by atoms with van der Waals surface area (Å²) in [4.78, 5) is 3.77. The van der Waals surface area contributed by atoms with Gasteiger partial charge >= 0.3 is 0 Å². The Kier molecular flexibility index (Phi) is 3.59. The molecule has 0 aromatic heterocycles. The summed E-state index contributed by atoms with van der Waals surface area (Å²) >= 11 is 0. The molecule has 0 radical (unpaired) electrons. The number of rotatable bonds is 3. The maximum atomic E-state index is 13.0. The molecule has 0 saturated carbocycles. The minimum Gasteiger partial charge on any atom is -0.493 e. The molecule has 2 aliphatic heterocycles. The number of ether oxygens (including phenoxy) is 1. The van der Waals surface area contributed by atoms with E-state index in [2.05, 4.69) is 23.1 Å². The first-order valence-corrected chi connectivity index (χ1v) is 8.24. The van der Waals surface area contributed by atoms with E-state index < -0.39 is 5.92 Å². The largest absolute Gasteiger partial charge is 0.493 e. The number of benzene rings is 2. The maximum Gasteiger partial charge on any atom is 0.282 e. The Morgan fingerprint density at radius 1 is 1.04 bits per heavy atom. The van der Waals surface area contributed by atoms with Crippen LogP contribution < -0.4 is 14.5 Å². The number of alkyl halides is 2. The van der Waals surface area contributed by atoms with Crippen molar-refractivity contribution in [3.63, 3.8) is 0 Å². The van der Waals surface area contributed by atoms with Gasteiger partial charge in [0.1, 0.15) is 5.75 Å². The van der Waals surface area contributed by atoms with Crippen molar-refractivity contribution in [2.45, 2.75) is 18.8 Å². The quantitative estimate of drug-likeness (QED) is 0.837. The zero-order valence-corrected chi connectivity index (χ0v) is 13.6. The fraction of sp³-hybridized carbons (Fsp3) is 0.368. The average Bonchev–Trinajstić information content (AvgIpc) is 2.59. The van der Waals surface area contributed by atoms with Gasteiger partial charge in [0.2, 0.25) is 0 Å². The van der Waals surface area contributed by atoms with Crippen LogP contribution in [0.15, 0.2) is 42.5 Å². The van der Waals surface area contributed by atoms with Gasteiger partial charge in [-0.25, -0.2) is 8.78 Å². The maximum absolute atomic E-state index is 13.0. The topological polar surface area (TPSA) is 15.7 Å². The Labute approximate surface area is 140 Å². The highest BCUT2D eigenvalue weighted by Gasteiger charge is 2.43. The van der Waals surface area contributed by atoms with E-state index in [9.17, 15) is 8.78 Å². The van der Waals surface area contributed by atoms with Crippen molar-refractivity contribution in [2.75, 3.05) is 36.5 Å². The molecule has 0 unspecified atom stereocenters. The van der Waals surface area contributed by atoms with Crippen molar-refractivity contribution in [1.82, 2.24) is 0 Å². The van der Waals surface area contributed by atoms with E-state index in [4.69, 9.17) is 4.74 Å². The van der Waals surface area contributed by atoms with Crippen LogP contribution in [0.5, 0.6) is 5.75 Å². The molecule has 1 saturated heterocycles. The fourth-order valence-corrected chi connectivity index (χ4v) is 3.27. The lowest BCUT2D eigenvalue weighted by Gasteiger charge is -2.40. The third-order valence-electron chi connectivity index (χ3n) is 4.73. The summed E-state index contributed by atoms with van der Waals surface area (Å²) in [5.41, 5.74) is 4.17. The number of nitrogens with zero attached hydrogens (tertiary/aromatic N) is 2. The van der Waals surface area contributed by atoms with Gasteiger partial charge in [-0.2, -0.15) is 0 Å². The van der Waals surface area contributed by atoms with Gasteiger partial charge in [0.05, 0.1) is 19.7 Å². The van der Waals surface area contributed by atoms with Gasteiger partial charge in [-0.1, -0.05) is 6.07 Å². The van der Waals surface area contributed by atoms with Gasteiger partial charge in [-0.3, -0.25) is 0 Å². The van der Waals surface area contributed by atoms with Crippen LogP contribution in [-0.2, 0) is 6.42 Å². The number of aryl methyl sites for hydroxylation is 1. The van der Waals surface area contributed by atoms with E-state index in [1.54, 1.807) is 4.90 Å². The summed E-state index contributed by atoms with van der Waals surface area (Å²) in [5, 5.41) is 0. The van der Waals surface area contributed by atoms with E-state index in [1.807, 2.05) is 31.3 Å². The van der Waals surface area contributed by atoms with Crippen molar-refractivity contribution in [3.05, 3.63) is 48.0 Å². The summed E-state index contributed by atoms with van der Waals surface area (Å²) < 4.78 is 31.7. The van der Waals surface area contributed by atoms with E-state index >= 15 is 0 Å². The Bertz CT molecular complexity index is 738. The Morgan fingerprint density at radius 2 is 1.75 bits per heavy atom. The number of halogens is 2. The van der Waals surface area contributed by atoms with Crippen LogP contribution in [0, 0.1) is 0 Å². The highest BCUT2D eigenvalue weighted by atomic mass is 19.3. The lowest BCUT2D eigenvalue weighted by atomic mass is 10.1. The van der Waals surface area contributed by atoms with Crippen molar-refractivity contribution in [1.29, 1.82) is 0 Å². The molecule has 24 heavy (non-hydrogen) atoms. The van der Waals surface area contributed by atoms with Crippen molar-refractivity contribution < 1.29 is 13.5 Å². The zero-order chi connectivity index (χ0) is 16.7. The molecule has 0 amide bonds. The van der Waals surface area contributed by atoms with Gasteiger partial charge in [-0.05, 0) is 48.7 Å². The highest BCUT2D eigenvalue weighted by Crippen LogP contribution is 2.35. The normalized spacial score (nSPS) is 18.4. The fourth-order valence-electron chi connectivity index (χ4n) is 3.27. The predicted octanol–water partition coefficient (Wildman–Crippen LogP) is 4.23. The molecule has 5 heteroatoms. The molecular weight excluding hydrogens is 310 g/mol. The number of fused-ring (bicyclic) bond motifs is 1. The molecule has 0 N–H and O–H groups in total. The van der Waals surface area contributed by atoms with Crippen molar-refractivity contribution >= 4 is 17.1 Å². The number of hydrogen-bond donors (Lipinski definition) is 0. The van der Waals surface area contributed by atoms with Gasteiger partial charge in [0, 0.05) is 30.2 Å². The first kappa shape index (κ1) is 15.2. The van der Waals surface area contributed by atoms with Crippen molar-refractivity contribution in [2.24, 2.45) is 0 Å². The second kappa shape index (κ2) is 5.65. The Hall–Kier alpha value is -2.30. The summed E-state index contributed by atoms with van der Waals surface area (Å²) in [6.45, 7) is 0.393. The minimum atomic E-state index is -2.54. The SMILES string of the molecule is CN(c1ccc(N2CC(F)(F)C2)cc1)c1ccc2c(c1)OCCC2.